The number of hydrogen-bond donors (Lipinski definition) is 8. The van der Waals surface area contributed by atoms with Crippen molar-refractivity contribution in [2.24, 2.45) is 17.2 Å². The van der Waals surface area contributed by atoms with Gasteiger partial charge in [-0.15, -0.1) is 0 Å². The molecule has 44 heavy (non-hydrogen) atoms. The molecule has 2 unspecified atom stereocenters. The van der Waals surface area contributed by atoms with Gasteiger partial charge in [-0.05, 0) is 86.9 Å². The quantitative estimate of drug-likeness (QED) is 0.0627. The van der Waals surface area contributed by atoms with Crippen LogP contribution in [0.2, 0.25) is 0 Å². The van der Waals surface area contributed by atoms with E-state index in [4.69, 9.17) is 27.1 Å². The molecule has 0 bridgehead atoms. The third kappa shape index (κ3) is 10.7. The maximum atomic E-state index is 13.9. The molecular weight excluding hydrogens is 562 g/mol. The summed E-state index contributed by atoms with van der Waals surface area (Å²) in [4.78, 5) is 31.6. The minimum Gasteiger partial charge on any atom is -0.508 e. The Morgan fingerprint density at radius 1 is 1.02 bits per heavy atom. The number of aromatic hydroxyl groups is 1. The van der Waals surface area contributed by atoms with E-state index in [1.165, 1.54) is 0 Å². The zero-order valence-electron chi connectivity index (χ0n) is 25.4. The van der Waals surface area contributed by atoms with Crippen molar-refractivity contribution in [1.29, 1.82) is 5.41 Å². The summed E-state index contributed by atoms with van der Waals surface area (Å²) in [6.07, 6.45) is 3.45. The molecular formula is C31H45N9O4. The summed E-state index contributed by atoms with van der Waals surface area (Å²) in [6.45, 7) is 4.58. The predicted molar refractivity (Wildman–Crippen MR) is 168 cm³/mol. The molecule has 1 heterocycles. The molecule has 2 amide bonds. The SMILES string of the molecule is Cc1cc(O)cc(C)c1CC(NC(=O)C(N)CCCNC(=N)N)C(=O)N[C@H](CCCCN)c1nc(Cc2ccccc2)no1. The van der Waals surface area contributed by atoms with Crippen molar-refractivity contribution in [2.75, 3.05) is 13.1 Å². The van der Waals surface area contributed by atoms with Crippen LogP contribution in [0.15, 0.2) is 47.0 Å². The van der Waals surface area contributed by atoms with E-state index < -0.39 is 29.9 Å². The van der Waals surface area contributed by atoms with Gasteiger partial charge in [-0.1, -0.05) is 35.5 Å². The Morgan fingerprint density at radius 2 is 1.73 bits per heavy atom. The molecule has 13 heteroatoms. The monoisotopic (exact) mass is 607 g/mol. The number of carbonyl (C=O) groups is 2. The number of phenols is 1. The number of nitrogens with zero attached hydrogens (tertiary/aromatic N) is 2. The average molecular weight is 608 g/mol. The van der Waals surface area contributed by atoms with Gasteiger partial charge in [0.25, 0.3) is 0 Å². The van der Waals surface area contributed by atoms with Crippen molar-refractivity contribution in [3.63, 3.8) is 0 Å². The van der Waals surface area contributed by atoms with Gasteiger partial charge >= 0.3 is 0 Å². The summed E-state index contributed by atoms with van der Waals surface area (Å²) in [5.41, 5.74) is 20.6. The molecule has 1 aromatic heterocycles. The molecule has 3 aromatic rings. The third-order valence-corrected chi connectivity index (χ3v) is 7.32. The van der Waals surface area contributed by atoms with Crippen LogP contribution >= 0.6 is 0 Å². The van der Waals surface area contributed by atoms with Crippen LogP contribution in [-0.4, -0.2) is 58.2 Å². The van der Waals surface area contributed by atoms with Crippen molar-refractivity contribution in [2.45, 2.75) is 76.9 Å². The number of guanidine groups is 1. The molecule has 0 saturated heterocycles. The molecule has 0 radical (unpaired) electrons. The summed E-state index contributed by atoms with van der Waals surface area (Å²) >= 11 is 0. The molecule has 3 rings (SSSR count). The highest BCUT2D eigenvalue weighted by Gasteiger charge is 2.29. The fourth-order valence-corrected chi connectivity index (χ4v) is 4.94. The van der Waals surface area contributed by atoms with Crippen LogP contribution in [0.1, 0.15) is 72.1 Å². The Kier molecular flexibility index (Phi) is 13.1. The standard InChI is InChI=1S/C31H45N9O4/c1-19-15-22(41)16-20(2)23(19)18-26(38-28(42)24(33)11-8-14-36-31(34)35)29(43)37-25(12-6-7-13-32)30-39-27(40-44-30)17-21-9-4-3-5-10-21/h3-5,9-10,15-16,24-26,41H,6-8,11-14,17-18,32-33H2,1-2H3,(H,37,43)(H,38,42)(H4,34,35,36)/t24?,25-,26?/m1/s1. The molecule has 3 atom stereocenters. The number of benzene rings is 2. The molecule has 238 valence electrons. The van der Waals surface area contributed by atoms with Crippen molar-refractivity contribution < 1.29 is 19.2 Å². The van der Waals surface area contributed by atoms with E-state index in [-0.39, 0.29) is 24.0 Å². The second kappa shape index (κ2) is 17.0. The average Bonchev–Trinajstić information content (AvgIpc) is 3.44. The van der Waals surface area contributed by atoms with Gasteiger partial charge in [-0.25, -0.2) is 0 Å². The fraction of sp³-hybridized carbons (Fsp3) is 0.452. The minimum absolute atomic E-state index is 0.123. The number of hydrogen-bond acceptors (Lipinski definition) is 9. The van der Waals surface area contributed by atoms with Gasteiger partial charge in [0.05, 0.1) is 6.04 Å². The lowest BCUT2D eigenvalue weighted by Crippen LogP contribution is -2.53. The zero-order chi connectivity index (χ0) is 32.1. The highest BCUT2D eigenvalue weighted by atomic mass is 16.5. The predicted octanol–water partition coefficient (Wildman–Crippen LogP) is 1.59. The van der Waals surface area contributed by atoms with E-state index in [1.807, 2.05) is 44.2 Å². The Hall–Kier alpha value is -4.49. The molecule has 0 aliphatic rings. The van der Waals surface area contributed by atoms with Crippen molar-refractivity contribution in [3.05, 3.63) is 76.4 Å². The van der Waals surface area contributed by atoms with E-state index in [0.717, 1.165) is 28.7 Å². The van der Waals surface area contributed by atoms with Gasteiger partial charge in [0, 0.05) is 19.4 Å². The second-order valence-corrected chi connectivity index (χ2v) is 11.0. The first-order chi connectivity index (χ1) is 21.1. The highest BCUT2D eigenvalue weighted by molar-refractivity contribution is 5.90. The van der Waals surface area contributed by atoms with Gasteiger partial charge in [-0.3, -0.25) is 15.0 Å². The number of phenolic OH excluding ortho intramolecular Hbond substituents is 1. The number of nitrogens with one attached hydrogen (secondary N) is 4. The van der Waals surface area contributed by atoms with E-state index in [1.54, 1.807) is 12.1 Å². The first-order valence-corrected chi connectivity index (χ1v) is 14.9. The van der Waals surface area contributed by atoms with Crippen molar-refractivity contribution in [3.8, 4) is 5.75 Å². The number of aryl methyl sites for hydroxylation is 2. The maximum absolute atomic E-state index is 13.9. The van der Waals surface area contributed by atoms with Crippen LogP contribution in [-0.2, 0) is 22.4 Å². The fourth-order valence-electron chi connectivity index (χ4n) is 4.94. The normalized spacial score (nSPS) is 13.1. The van der Waals surface area contributed by atoms with Crippen molar-refractivity contribution in [1.82, 2.24) is 26.1 Å². The van der Waals surface area contributed by atoms with Crippen LogP contribution in [0.5, 0.6) is 5.75 Å². The van der Waals surface area contributed by atoms with Crippen LogP contribution < -0.4 is 33.2 Å². The lowest BCUT2D eigenvalue weighted by atomic mass is 9.95. The molecule has 13 nitrogen and oxygen atoms in total. The first-order valence-electron chi connectivity index (χ1n) is 14.9. The van der Waals surface area contributed by atoms with E-state index in [2.05, 4.69) is 26.1 Å². The molecule has 0 spiro atoms. The number of aromatic nitrogens is 2. The Bertz CT molecular complexity index is 1360. The van der Waals surface area contributed by atoms with Gasteiger partial charge in [0.1, 0.15) is 17.8 Å². The number of unbranched alkanes of at least 4 members (excludes halogenated alkanes) is 1. The summed E-state index contributed by atoms with van der Waals surface area (Å²) < 4.78 is 5.60. The third-order valence-electron chi connectivity index (χ3n) is 7.32. The Morgan fingerprint density at radius 3 is 2.39 bits per heavy atom. The Labute approximate surface area is 257 Å². The highest BCUT2D eigenvalue weighted by Crippen LogP contribution is 2.23. The largest absolute Gasteiger partial charge is 0.508 e. The maximum Gasteiger partial charge on any atom is 0.249 e. The molecule has 0 aliphatic carbocycles. The summed E-state index contributed by atoms with van der Waals surface area (Å²) in [7, 11) is 0. The van der Waals surface area contributed by atoms with Gasteiger partial charge in [0.2, 0.25) is 17.7 Å². The molecule has 0 saturated carbocycles. The number of carbonyl (C=O) groups excluding carboxylic acids is 2. The molecule has 0 fully saturated rings. The summed E-state index contributed by atoms with van der Waals surface area (Å²) in [5.74, 6) is -0.180. The molecule has 2 aromatic carbocycles. The van der Waals surface area contributed by atoms with E-state index in [0.29, 0.717) is 51.0 Å². The number of amides is 2. The van der Waals surface area contributed by atoms with Crippen LogP contribution in [0.25, 0.3) is 0 Å². The van der Waals surface area contributed by atoms with Crippen LogP contribution in [0, 0.1) is 19.3 Å². The van der Waals surface area contributed by atoms with Crippen LogP contribution in [0.3, 0.4) is 0 Å². The van der Waals surface area contributed by atoms with E-state index in [9.17, 15) is 14.7 Å². The smallest absolute Gasteiger partial charge is 0.249 e. The minimum atomic E-state index is -0.977. The molecule has 11 N–H and O–H groups in total. The number of nitrogens with two attached hydrogens (primary N) is 3. The van der Waals surface area contributed by atoms with Crippen molar-refractivity contribution >= 4 is 17.8 Å². The Balaban J connectivity index is 1.81. The van der Waals surface area contributed by atoms with E-state index >= 15 is 0 Å². The van der Waals surface area contributed by atoms with Gasteiger partial charge < -0.3 is 42.8 Å². The van der Waals surface area contributed by atoms with Crippen LogP contribution in [0.4, 0.5) is 0 Å². The summed E-state index contributed by atoms with van der Waals surface area (Å²) in [5, 5.41) is 30.0. The lowest BCUT2D eigenvalue weighted by molar-refractivity contribution is -0.130. The second-order valence-electron chi connectivity index (χ2n) is 11.0. The first kappa shape index (κ1) is 34.0. The van der Waals surface area contributed by atoms with Gasteiger partial charge in [0.15, 0.2) is 11.8 Å². The topological polar surface area (TPSA) is 231 Å². The zero-order valence-corrected chi connectivity index (χ0v) is 25.4. The van der Waals surface area contributed by atoms with Gasteiger partial charge in [-0.2, -0.15) is 4.98 Å². The molecule has 0 aliphatic heterocycles. The summed E-state index contributed by atoms with van der Waals surface area (Å²) in [6, 6.07) is 10.5. The lowest BCUT2D eigenvalue weighted by Gasteiger charge is -2.24. The number of rotatable bonds is 17.